The molecule has 0 atom stereocenters. The molecular formula is C19H23N3O4. The van der Waals surface area contributed by atoms with E-state index < -0.39 is 6.03 Å². The van der Waals surface area contributed by atoms with Crippen LogP contribution >= 0.6 is 0 Å². The van der Waals surface area contributed by atoms with Gasteiger partial charge in [-0.2, -0.15) is 0 Å². The molecule has 2 amide bonds. The maximum atomic E-state index is 12.1. The lowest BCUT2D eigenvalue weighted by Crippen LogP contribution is -2.32. The lowest BCUT2D eigenvalue weighted by atomic mass is 10.1. The lowest BCUT2D eigenvalue weighted by Gasteiger charge is -2.05. The van der Waals surface area contributed by atoms with Crippen molar-refractivity contribution in [2.24, 2.45) is 0 Å². The number of aldehydes is 1. The zero-order chi connectivity index (χ0) is 18.9. The third kappa shape index (κ3) is 4.95. The number of esters is 1. The number of rotatable bonds is 8. The Kier molecular flexibility index (Phi) is 6.96. The number of hydrogen-bond donors (Lipinski definition) is 3. The van der Waals surface area contributed by atoms with Crippen molar-refractivity contribution in [3.8, 4) is 0 Å². The molecule has 7 nitrogen and oxygen atoms in total. The van der Waals surface area contributed by atoms with Gasteiger partial charge in [0.2, 0.25) is 0 Å². The van der Waals surface area contributed by atoms with Crippen molar-refractivity contribution in [1.82, 2.24) is 15.6 Å². The average Bonchev–Trinajstić information content (AvgIpc) is 3.06. The molecule has 0 saturated carbocycles. The molecule has 1 aromatic carbocycles. The molecule has 0 spiro atoms. The number of nitrogens with one attached hydrogen (secondary N) is 3. The minimum absolute atomic E-state index is 0.129. The van der Waals surface area contributed by atoms with Crippen LogP contribution in [0.15, 0.2) is 30.1 Å². The van der Waals surface area contributed by atoms with Crippen molar-refractivity contribution in [3.63, 3.8) is 0 Å². The van der Waals surface area contributed by atoms with Gasteiger partial charge in [-0.05, 0) is 24.6 Å². The summed E-state index contributed by atoms with van der Waals surface area (Å²) in [5.74, 6) is -0.357. The molecule has 2 aromatic rings. The molecule has 0 saturated heterocycles. The minimum Gasteiger partial charge on any atom is -0.462 e. The summed E-state index contributed by atoms with van der Waals surface area (Å²) in [6.45, 7) is 2.50. The molecule has 0 radical (unpaired) electrons. The van der Waals surface area contributed by atoms with E-state index in [0.717, 1.165) is 35.7 Å². The first-order valence-corrected chi connectivity index (χ1v) is 8.53. The molecule has 7 heteroatoms. The number of amides is 2. The Bertz CT molecular complexity index is 823. The van der Waals surface area contributed by atoms with Gasteiger partial charge in [0.05, 0.1) is 17.9 Å². The molecule has 0 aliphatic rings. The van der Waals surface area contributed by atoms with Crippen LogP contribution in [-0.4, -0.2) is 36.9 Å². The first kappa shape index (κ1) is 19.2. The predicted molar refractivity (Wildman–Crippen MR) is 99.7 cm³/mol. The highest BCUT2D eigenvalue weighted by atomic mass is 16.5. The number of ether oxygens (including phenoxy) is 1. The number of aromatic nitrogens is 1. The van der Waals surface area contributed by atoms with Crippen LogP contribution in [0.4, 0.5) is 4.79 Å². The van der Waals surface area contributed by atoms with Crippen LogP contribution in [0.3, 0.4) is 0 Å². The lowest BCUT2D eigenvalue weighted by molar-refractivity contribution is -0.105. The summed E-state index contributed by atoms with van der Waals surface area (Å²) in [5, 5.41) is 5.64. The fourth-order valence-corrected chi connectivity index (χ4v) is 2.46. The number of fused-ring (bicyclic) bond motifs is 1. The van der Waals surface area contributed by atoms with Gasteiger partial charge in [-0.3, -0.25) is 4.79 Å². The Morgan fingerprint density at radius 2 is 2.08 bits per heavy atom. The summed E-state index contributed by atoms with van der Waals surface area (Å²) in [7, 11) is 1.46. The minimum atomic E-state index is -0.476. The number of aromatic amines is 1. The highest BCUT2D eigenvalue weighted by molar-refractivity contribution is 5.99. The van der Waals surface area contributed by atoms with Crippen molar-refractivity contribution in [2.45, 2.75) is 26.2 Å². The van der Waals surface area contributed by atoms with E-state index in [4.69, 9.17) is 4.74 Å². The third-order valence-corrected chi connectivity index (χ3v) is 3.85. The molecule has 0 fully saturated rings. The van der Waals surface area contributed by atoms with Gasteiger partial charge in [-0.25, -0.2) is 9.59 Å². The molecular weight excluding hydrogens is 334 g/mol. The number of unbranched alkanes of at least 4 members (excludes halogenated alkanes) is 2. The molecule has 26 heavy (non-hydrogen) atoms. The number of carbonyl (C=O) groups is 3. The van der Waals surface area contributed by atoms with E-state index in [2.05, 4.69) is 22.5 Å². The normalized spacial score (nSPS) is 11.2. The Morgan fingerprint density at radius 1 is 1.27 bits per heavy atom. The van der Waals surface area contributed by atoms with Gasteiger partial charge >= 0.3 is 12.0 Å². The van der Waals surface area contributed by atoms with Crippen LogP contribution in [0.5, 0.6) is 0 Å². The average molecular weight is 357 g/mol. The van der Waals surface area contributed by atoms with Crippen LogP contribution < -0.4 is 10.6 Å². The van der Waals surface area contributed by atoms with E-state index in [-0.39, 0.29) is 11.7 Å². The van der Waals surface area contributed by atoms with E-state index in [1.54, 1.807) is 30.5 Å². The number of urea groups is 1. The zero-order valence-electron chi connectivity index (χ0n) is 14.9. The zero-order valence-corrected chi connectivity index (χ0v) is 14.9. The fraction of sp³-hybridized carbons (Fsp3) is 0.316. The van der Waals surface area contributed by atoms with Crippen LogP contribution in [0.25, 0.3) is 17.0 Å². The van der Waals surface area contributed by atoms with E-state index in [1.165, 1.54) is 7.05 Å². The van der Waals surface area contributed by atoms with Crippen LogP contribution in [0, 0.1) is 0 Å². The predicted octanol–water partition coefficient (Wildman–Crippen LogP) is 2.98. The van der Waals surface area contributed by atoms with Crippen molar-refractivity contribution < 1.29 is 19.1 Å². The quantitative estimate of drug-likeness (QED) is 0.293. The first-order valence-electron chi connectivity index (χ1n) is 8.53. The molecule has 3 N–H and O–H groups in total. The highest BCUT2D eigenvalue weighted by Crippen LogP contribution is 2.22. The van der Waals surface area contributed by atoms with Crippen molar-refractivity contribution in [2.75, 3.05) is 13.7 Å². The first-order chi connectivity index (χ1) is 12.6. The van der Waals surface area contributed by atoms with E-state index in [0.29, 0.717) is 18.5 Å². The number of benzene rings is 1. The Labute approximate surface area is 151 Å². The van der Waals surface area contributed by atoms with Gasteiger partial charge in [0.25, 0.3) is 0 Å². The molecule has 0 unspecified atom stereocenters. The molecule has 0 bridgehead atoms. The van der Waals surface area contributed by atoms with E-state index in [1.807, 2.05) is 0 Å². The molecule has 1 heterocycles. The van der Waals surface area contributed by atoms with Crippen molar-refractivity contribution >= 4 is 35.3 Å². The molecule has 0 aliphatic heterocycles. The largest absolute Gasteiger partial charge is 0.462 e. The molecule has 138 valence electrons. The van der Waals surface area contributed by atoms with Crippen LogP contribution in [0.2, 0.25) is 0 Å². The summed E-state index contributed by atoms with van der Waals surface area (Å²) in [4.78, 5) is 37.6. The Hall–Kier alpha value is -3.09. The standard InChI is InChI=1S/C19H23N3O4/c1-3-4-5-8-26-18(24)13-6-7-16-14(11-21-17(16)10-13)9-15(12-23)22-19(25)20-2/h6-7,9-12,21H,3-5,8H2,1-2H3,(H2,20,22,25)/b15-9-. The third-order valence-electron chi connectivity index (χ3n) is 3.85. The Balaban J connectivity index is 2.16. The maximum Gasteiger partial charge on any atom is 0.338 e. The summed E-state index contributed by atoms with van der Waals surface area (Å²) in [6.07, 6.45) is 6.78. The summed E-state index contributed by atoms with van der Waals surface area (Å²) in [6, 6.07) is 4.70. The van der Waals surface area contributed by atoms with Gasteiger partial charge in [0.1, 0.15) is 0 Å². The SMILES string of the molecule is CCCCCOC(=O)c1ccc2c(/C=C(/C=O)NC(=O)NC)c[nH]c2c1. The smallest absolute Gasteiger partial charge is 0.338 e. The molecule has 1 aromatic heterocycles. The summed E-state index contributed by atoms with van der Waals surface area (Å²) >= 11 is 0. The second-order valence-electron chi connectivity index (χ2n) is 5.77. The van der Waals surface area contributed by atoms with E-state index >= 15 is 0 Å². The second-order valence-corrected chi connectivity index (χ2v) is 5.77. The number of hydrogen-bond acceptors (Lipinski definition) is 4. The van der Waals surface area contributed by atoms with Crippen LogP contribution in [0.1, 0.15) is 42.1 Å². The van der Waals surface area contributed by atoms with Gasteiger partial charge in [0, 0.05) is 29.7 Å². The summed E-state index contributed by atoms with van der Waals surface area (Å²) in [5.41, 5.74) is 2.06. The summed E-state index contributed by atoms with van der Waals surface area (Å²) < 4.78 is 5.26. The Morgan fingerprint density at radius 3 is 2.77 bits per heavy atom. The maximum absolute atomic E-state index is 12.1. The van der Waals surface area contributed by atoms with Gasteiger partial charge in [0.15, 0.2) is 6.29 Å². The molecule has 2 rings (SSSR count). The number of allylic oxidation sites excluding steroid dienone is 1. The van der Waals surface area contributed by atoms with Crippen molar-refractivity contribution in [1.29, 1.82) is 0 Å². The van der Waals surface area contributed by atoms with E-state index in [9.17, 15) is 14.4 Å². The van der Waals surface area contributed by atoms with Crippen molar-refractivity contribution in [3.05, 3.63) is 41.2 Å². The van der Waals surface area contributed by atoms with Crippen LogP contribution in [-0.2, 0) is 9.53 Å². The topological polar surface area (TPSA) is 100 Å². The monoisotopic (exact) mass is 357 g/mol. The molecule has 0 aliphatic carbocycles. The van der Waals surface area contributed by atoms with Gasteiger partial charge < -0.3 is 20.4 Å². The fourth-order valence-electron chi connectivity index (χ4n) is 2.46. The number of H-pyrrole nitrogens is 1. The second kappa shape index (κ2) is 9.41. The van der Waals surface area contributed by atoms with Gasteiger partial charge in [-0.1, -0.05) is 25.8 Å². The van der Waals surface area contributed by atoms with Gasteiger partial charge in [-0.15, -0.1) is 0 Å². The highest BCUT2D eigenvalue weighted by Gasteiger charge is 2.11. The number of carbonyl (C=O) groups excluding carboxylic acids is 3.